The van der Waals surface area contributed by atoms with E-state index >= 15 is 0 Å². The monoisotopic (exact) mass is 287 g/mol. The zero-order valence-corrected chi connectivity index (χ0v) is 11.2. The van der Waals surface area contributed by atoms with Crippen LogP contribution < -0.4 is 5.73 Å². The maximum Gasteiger partial charge on any atom is 0.141 e. The number of aryl methyl sites for hydroxylation is 1. The van der Waals surface area contributed by atoms with Crippen molar-refractivity contribution in [3.05, 3.63) is 51.5 Å². The molecule has 0 aliphatic carbocycles. The molecule has 0 fully saturated rings. The lowest BCUT2D eigenvalue weighted by Crippen LogP contribution is -2.17. The molecule has 0 aliphatic rings. The number of nitrogens with two attached hydrogens (primary N) is 1. The van der Waals surface area contributed by atoms with Crippen molar-refractivity contribution in [2.75, 3.05) is 0 Å². The summed E-state index contributed by atoms with van der Waals surface area (Å²) in [7, 11) is 0. The second-order valence-corrected chi connectivity index (χ2v) is 4.66. The van der Waals surface area contributed by atoms with Crippen LogP contribution in [0, 0.1) is 5.82 Å². The molecule has 2 aromatic rings. The van der Waals surface area contributed by atoms with Gasteiger partial charge in [0, 0.05) is 6.54 Å². The van der Waals surface area contributed by atoms with Gasteiger partial charge in [-0.15, -0.1) is 0 Å². The molecule has 2 rings (SSSR count). The third-order valence-electron chi connectivity index (χ3n) is 2.73. The summed E-state index contributed by atoms with van der Waals surface area (Å²) in [4.78, 5) is 0. The molecule has 0 saturated heterocycles. The first kappa shape index (κ1) is 13.3. The normalized spacial score (nSPS) is 12.7. The Balaban J connectivity index is 2.44. The molecule has 96 valence electrons. The van der Waals surface area contributed by atoms with Gasteiger partial charge in [-0.3, -0.25) is 4.68 Å². The van der Waals surface area contributed by atoms with Gasteiger partial charge in [0.1, 0.15) is 5.82 Å². The third kappa shape index (κ3) is 2.36. The fourth-order valence-corrected chi connectivity index (χ4v) is 2.24. The number of nitrogens with zero attached hydrogens (tertiary/aromatic N) is 2. The zero-order chi connectivity index (χ0) is 13.3. The van der Waals surface area contributed by atoms with Gasteiger partial charge in [0.15, 0.2) is 0 Å². The van der Waals surface area contributed by atoms with Crippen LogP contribution in [-0.2, 0) is 6.54 Å². The van der Waals surface area contributed by atoms with Crippen LogP contribution >= 0.6 is 23.2 Å². The Morgan fingerprint density at radius 3 is 2.72 bits per heavy atom. The van der Waals surface area contributed by atoms with Gasteiger partial charge < -0.3 is 5.73 Å². The summed E-state index contributed by atoms with van der Waals surface area (Å²) in [6, 6.07) is 3.90. The molecule has 0 spiro atoms. The Morgan fingerprint density at radius 1 is 1.39 bits per heavy atom. The van der Waals surface area contributed by atoms with Gasteiger partial charge in [0.05, 0.1) is 28.0 Å². The van der Waals surface area contributed by atoms with E-state index in [0.29, 0.717) is 22.8 Å². The van der Waals surface area contributed by atoms with E-state index in [0.717, 1.165) is 0 Å². The van der Waals surface area contributed by atoms with Gasteiger partial charge >= 0.3 is 0 Å². The molecular weight excluding hydrogens is 276 g/mol. The van der Waals surface area contributed by atoms with Gasteiger partial charge in [-0.2, -0.15) is 5.10 Å². The second-order valence-electron chi connectivity index (χ2n) is 3.84. The van der Waals surface area contributed by atoms with Crippen molar-refractivity contribution in [3.63, 3.8) is 0 Å². The minimum atomic E-state index is -0.488. The second kappa shape index (κ2) is 5.26. The molecule has 1 unspecified atom stereocenters. The van der Waals surface area contributed by atoms with Crippen molar-refractivity contribution in [3.8, 4) is 0 Å². The molecule has 6 heteroatoms. The molecule has 0 aliphatic heterocycles. The predicted molar refractivity (Wildman–Crippen MR) is 70.4 cm³/mol. The van der Waals surface area contributed by atoms with E-state index in [1.54, 1.807) is 16.9 Å². The largest absolute Gasteiger partial charge is 0.319 e. The van der Waals surface area contributed by atoms with Gasteiger partial charge in [-0.1, -0.05) is 29.3 Å². The molecular formula is C12H12Cl2FN3. The lowest BCUT2D eigenvalue weighted by atomic mass is 10.0. The summed E-state index contributed by atoms with van der Waals surface area (Å²) in [6.07, 6.45) is 1.55. The van der Waals surface area contributed by atoms with E-state index in [1.165, 1.54) is 12.1 Å². The van der Waals surface area contributed by atoms with Crippen molar-refractivity contribution < 1.29 is 4.39 Å². The Kier molecular flexibility index (Phi) is 3.90. The highest BCUT2D eigenvalue weighted by Gasteiger charge is 2.18. The van der Waals surface area contributed by atoms with E-state index in [-0.39, 0.29) is 5.02 Å². The summed E-state index contributed by atoms with van der Waals surface area (Å²) in [6.45, 7) is 2.60. The molecule has 1 aromatic carbocycles. The van der Waals surface area contributed by atoms with Crippen LogP contribution in [0.1, 0.15) is 24.2 Å². The zero-order valence-electron chi connectivity index (χ0n) is 9.70. The highest BCUT2D eigenvalue weighted by Crippen LogP contribution is 2.28. The van der Waals surface area contributed by atoms with E-state index in [1.807, 2.05) is 6.92 Å². The topological polar surface area (TPSA) is 43.8 Å². The number of aromatic nitrogens is 2. The highest BCUT2D eigenvalue weighted by atomic mass is 35.5. The average Bonchev–Trinajstić information content (AvgIpc) is 2.73. The van der Waals surface area contributed by atoms with Crippen molar-refractivity contribution >= 4 is 23.2 Å². The van der Waals surface area contributed by atoms with Gasteiger partial charge in [-0.25, -0.2) is 4.39 Å². The molecule has 1 atom stereocenters. The molecule has 2 N–H and O–H groups in total. The lowest BCUT2D eigenvalue weighted by molar-refractivity contribution is 0.598. The molecule has 1 heterocycles. The summed E-state index contributed by atoms with van der Waals surface area (Å²) in [5, 5.41) is 4.65. The fourth-order valence-electron chi connectivity index (χ4n) is 1.80. The molecule has 1 aromatic heterocycles. The van der Waals surface area contributed by atoms with E-state index in [2.05, 4.69) is 5.10 Å². The highest BCUT2D eigenvalue weighted by molar-refractivity contribution is 6.31. The number of benzene rings is 1. The van der Waals surface area contributed by atoms with Crippen LogP contribution in [-0.4, -0.2) is 9.78 Å². The van der Waals surface area contributed by atoms with Crippen molar-refractivity contribution in [1.29, 1.82) is 0 Å². The van der Waals surface area contributed by atoms with Gasteiger partial charge in [-0.05, 0) is 24.6 Å². The van der Waals surface area contributed by atoms with Crippen molar-refractivity contribution in [2.24, 2.45) is 5.73 Å². The van der Waals surface area contributed by atoms with Crippen LogP contribution in [0.25, 0.3) is 0 Å². The van der Waals surface area contributed by atoms with Crippen LogP contribution in [0.4, 0.5) is 4.39 Å². The number of hydrogen-bond acceptors (Lipinski definition) is 2. The fraction of sp³-hybridized carbons (Fsp3) is 0.250. The smallest absolute Gasteiger partial charge is 0.141 e. The molecule has 0 radical (unpaired) electrons. The quantitative estimate of drug-likeness (QED) is 0.940. The van der Waals surface area contributed by atoms with Gasteiger partial charge in [0.2, 0.25) is 0 Å². The minimum Gasteiger partial charge on any atom is -0.319 e. The Bertz CT molecular complexity index is 568. The molecule has 18 heavy (non-hydrogen) atoms. The van der Waals surface area contributed by atoms with Crippen LogP contribution in [0.5, 0.6) is 0 Å². The standard InChI is InChI=1S/C12H12Cl2FN3/c1-2-18-12(9(14)6-17-18)11(16)7-3-4-10(15)8(13)5-7/h3-6,11H,2,16H2,1H3. The van der Waals surface area contributed by atoms with Crippen LogP contribution in [0.3, 0.4) is 0 Å². The Morgan fingerprint density at radius 2 is 2.11 bits per heavy atom. The molecule has 0 saturated carbocycles. The number of rotatable bonds is 3. The first-order valence-electron chi connectivity index (χ1n) is 5.46. The summed E-state index contributed by atoms with van der Waals surface area (Å²) in [5.41, 5.74) is 7.52. The Labute approximate surface area is 114 Å². The lowest BCUT2D eigenvalue weighted by Gasteiger charge is -2.15. The first-order valence-corrected chi connectivity index (χ1v) is 6.22. The maximum atomic E-state index is 13.1. The third-order valence-corrected chi connectivity index (χ3v) is 3.31. The summed E-state index contributed by atoms with van der Waals surface area (Å²) < 4.78 is 14.8. The number of hydrogen-bond donors (Lipinski definition) is 1. The van der Waals surface area contributed by atoms with Crippen molar-refractivity contribution in [1.82, 2.24) is 9.78 Å². The number of halogens is 3. The van der Waals surface area contributed by atoms with E-state index in [9.17, 15) is 4.39 Å². The maximum absolute atomic E-state index is 13.1. The predicted octanol–water partition coefficient (Wildman–Crippen LogP) is 3.40. The van der Waals surface area contributed by atoms with Crippen LogP contribution in [0.15, 0.2) is 24.4 Å². The molecule has 0 bridgehead atoms. The SMILES string of the molecule is CCn1ncc(Cl)c1C(N)c1ccc(F)c(Cl)c1. The average molecular weight is 288 g/mol. The summed E-state index contributed by atoms with van der Waals surface area (Å²) in [5.74, 6) is -0.470. The first-order chi connectivity index (χ1) is 8.54. The van der Waals surface area contributed by atoms with Crippen LogP contribution in [0.2, 0.25) is 10.0 Å². The minimum absolute atomic E-state index is 0.0432. The Hall–Kier alpha value is -1.10. The van der Waals surface area contributed by atoms with Crippen molar-refractivity contribution in [2.45, 2.75) is 19.5 Å². The molecule has 3 nitrogen and oxygen atoms in total. The van der Waals surface area contributed by atoms with E-state index < -0.39 is 11.9 Å². The molecule has 0 amide bonds. The van der Waals surface area contributed by atoms with Gasteiger partial charge in [0.25, 0.3) is 0 Å². The summed E-state index contributed by atoms with van der Waals surface area (Å²) >= 11 is 11.8. The van der Waals surface area contributed by atoms with E-state index in [4.69, 9.17) is 28.9 Å².